The lowest BCUT2D eigenvalue weighted by atomic mass is 10.4. The maximum Gasteiger partial charge on any atom is 0.392 e. The molecule has 4 heteroatoms. The summed E-state index contributed by atoms with van der Waals surface area (Å²) in [4.78, 5) is 3.61. The second kappa shape index (κ2) is 9.03. The molecule has 0 aliphatic carbocycles. The van der Waals surface area contributed by atoms with Crippen molar-refractivity contribution in [2.75, 3.05) is 0 Å². The smallest absolute Gasteiger partial charge is 0.270 e. The van der Waals surface area contributed by atoms with Crippen LogP contribution in [0.4, 0.5) is 13.2 Å². The van der Waals surface area contributed by atoms with Gasteiger partial charge in [-0.25, -0.2) is 0 Å². The summed E-state index contributed by atoms with van der Waals surface area (Å²) in [7, 11) is 0. The van der Waals surface area contributed by atoms with Gasteiger partial charge < -0.3 is 0 Å². The molecule has 0 aliphatic heterocycles. The molecule has 0 unspecified atom stereocenters. The zero-order valence-electron chi connectivity index (χ0n) is 7.80. The molecule has 1 nitrogen and oxygen atoms in total. The molecule has 0 aromatic heterocycles. The van der Waals surface area contributed by atoms with Gasteiger partial charge in [-0.2, -0.15) is 13.2 Å². The van der Waals surface area contributed by atoms with Gasteiger partial charge in [-0.05, 0) is 13.8 Å². The second-order valence-corrected chi connectivity index (χ2v) is 1.98. The molecule has 0 atom stereocenters. The number of allylic oxidation sites excluding steroid dienone is 2. The highest BCUT2D eigenvalue weighted by molar-refractivity contribution is 5.53. The van der Waals surface area contributed by atoms with E-state index in [-0.39, 0.29) is 0 Å². The van der Waals surface area contributed by atoms with Crippen molar-refractivity contribution in [3.63, 3.8) is 0 Å². The van der Waals surface area contributed by atoms with Crippen molar-refractivity contribution in [2.24, 2.45) is 4.99 Å². The second-order valence-electron chi connectivity index (χ2n) is 1.98. The predicted molar refractivity (Wildman–Crippen MR) is 49.8 cm³/mol. The van der Waals surface area contributed by atoms with E-state index in [0.29, 0.717) is 0 Å². The molecule has 0 amide bonds. The van der Waals surface area contributed by atoms with Crippen LogP contribution in [0.2, 0.25) is 0 Å². The van der Waals surface area contributed by atoms with Crippen LogP contribution in [0.15, 0.2) is 29.9 Å². The first kappa shape index (κ1) is 14.5. The third kappa shape index (κ3) is 24.8. The summed E-state index contributed by atoms with van der Waals surface area (Å²) < 4.78 is 33.6. The highest BCUT2D eigenvalue weighted by Crippen LogP contribution is 2.19. The van der Waals surface area contributed by atoms with Gasteiger partial charge in [0, 0.05) is 12.4 Å². The molecule has 0 aliphatic rings. The molecule has 0 spiro atoms. The summed E-state index contributed by atoms with van der Waals surface area (Å²) >= 11 is 0. The number of halogens is 3. The molecule has 76 valence electrons. The van der Waals surface area contributed by atoms with Gasteiger partial charge in [0.1, 0.15) is 0 Å². The fourth-order valence-electron chi connectivity index (χ4n) is 0.357. The molecule has 0 aromatic rings. The summed E-state index contributed by atoms with van der Waals surface area (Å²) in [5.74, 6) is 0. The van der Waals surface area contributed by atoms with Gasteiger partial charge >= 0.3 is 6.18 Å². The van der Waals surface area contributed by atoms with Crippen LogP contribution in [-0.4, -0.2) is 12.4 Å². The number of hydrogen-bond donors (Lipinski definition) is 0. The summed E-state index contributed by atoms with van der Waals surface area (Å²) in [6, 6.07) is 0. The van der Waals surface area contributed by atoms with Crippen LogP contribution in [0.1, 0.15) is 20.3 Å². The zero-order valence-corrected chi connectivity index (χ0v) is 7.80. The van der Waals surface area contributed by atoms with Crippen molar-refractivity contribution in [1.82, 2.24) is 0 Å². The summed E-state index contributed by atoms with van der Waals surface area (Å²) in [6.07, 6.45) is 0.802. The first-order valence-electron chi connectivity index (χ1n) is 3.74. The monoisotopic (exact) mass is 193 g/mol. The maximum atomic E-state index is 11.2. The maximum absolute atomic E-state index is 11.2. The van der Waals surface area contributed by atoms with Crippen LogP contribution in [0.5, 0.6) is 0 Å². The van der Waals surface area contributed by atoms with Gasteiger partial charge in [0.15, 0.2) is 0 Å². The van der Waals surface area contributed by atoms with Gasteiger partial charge in [0.05, 0.1) is 6.42 Å². The molecule has 13 heavy (non-hydrogen) atoms. The topological polar surface area (TPSA) is 12.4 Å². The molecule has 0 radical (unpaired) electrons. The molecule has 0 saturated heterocycles. The summed E-state index contributed by atoms with van der Waals surface area (Å²) in [5, 5.41) is 0. The quantitative estimate of drug-likeness (QED) is 0.468. The molecule has 0 rings (SSSR count). The van der Waals surface area contributed by atoms with E-state index in [1.54, 1.807) is 13.1 Å². The Hall–Kier alpha value is -1.06. The van der Waals surface area contributed by atoms with Gasteiger partial charge in [-0.1, -0.05) is 18.7 Å². The lowest BCUT2D eigenvalue weighted by Gasteiger charge is -1.98. The molecule has 0 N–H and O–H groups in total. The Labute approximate surface area is 76.7 Å². The van der Waals surface area contributed by atoms with Gasteiger partial charge in [0.2, 0.25) is 0 Å². The highest BCUT2D eigenvalue weighted by Gasteiger charge is 2.24. The zero-order chi connectivity index (χ0) is 10.7. The van der Waals surface area contributed by atoms with Crippen molar-refractivity contribution in [1.29, 1.82) is 0 Å². The number of rotatable bonds is 2. The normalized spacial score (nSPS) is 11.5. The van der Waals surface area contributed by atoms with Gasteiger partial charge in [-0.15, -0.1) is 0 Å². The van der Waals surface area contributed by atoms with Crippen LogP contribution in [0, 0.1) is 0 Å². The van der Waals surface area contributed by atoms with Crippen molar-refractivity contribution >= 4 is 6.21 Å². The standard InChI is InChI=1S/C5H7F3.C4H7N/c1-2-3-4-5(6,7)8;1-3-5-4-2/h2-3H,4H2,1H3;3-4H,1H2,2H3/b3-2-;. The van der Waals surface area contributed by atoms with Gasteiger partial charge in [-0.3, -0.25) is 4.99 Å². The number of alkyl halides is 3. The third-order valence-electron chi connectivity index (χ3n) is 0.839. The molecular formula is C9H14F3N. The van der Waals surface area contributed by atoms with Gasteiger partial charge in [0.25, 0.3) is 0 Å². The Morgan fingerprint density at radius 1 is 1.31 bits per heavy atom. The predicted octanol–water partition coefficient (Wildman–Crippen LogP) is 3.74. The van der Waals surface area contributed by atoms with E-state index in [2.05, 4.69) is 11.6 Å². The number of nitrogens with zero attached hydrogens (tertiary/aromatic N) is 1. The van der Waals surface area contributed by atoms with E-state index >= 15 is 0 Å². The van der Waals surface area contributed by atoms with E-state index in [1.165, 1.54) is 12.3 Å². The van der Waals surface area contributed by atoms with Crippen LogP contribution < -0.4 is 0 Å². The van der Waals surface area contributed by atoms with E-state index < -0.39 is 12.6 Å². The highest BCUT2D eigenvalue weighted by atomic mass is 19.4. The Morgan fingerprint density at radius 2 is 1.85 bits per heavy atom. The number of hydrogen-bond acceptors (Lipinski definition) is 1. The van der Waals surface area contributed by atoms with E-state index in [9.17, 15) is 13.2 Å². The Balaban J connectivity index is 0. The SMILES string of the molecule is C/C=C\CC(F)(F)F.C=CN=CC. The Bertz CT molecular complexity index is 168. The third-order valence-corrected chi connectivity index (χ3v) is 0.839. The minimum absolute atomic E-state index is 0.816. The molecular weight excluding hydrogens is 179 g/mol. The van der Waals surface area contributed by atoms with Crippen molar-refractivity contribution in [3.05, 3.63) is 24.9 Å². The average Bonchev–Trinajstić information content (AvgIpc) is 2.02. The molecule has 0 bridgehead atoms. The Kier molecular flexibility index (Phi) is 10.0. The minimum Gasteiger partial charge on any atom is -0.270 e. The van der Waals surface area contributed by atoms with E-state index in [1.807, 2.05) is 6.92 Å². The summed E-state index contributed by atoms with van der Waals surface area (Å²) in [5.41, 5.74) is 0. The van der Waals surface area contributed by atoms with Crippen LogP contribution in [0.3, 0.4) is 0 Å². The minimum atomic E-state index is -4.04. The lowest BCUT2D eigenvalue weighted by Crippen LogP contribution is -2.03. The molecule has 0 saturated carbocycles. The van der Waals surface area contributed by atoms with E-state index in [0.717, 1.165) is 6.08 Å². The Morgan fingerprint density at radius 3 is 1.92 bits per heavy atom. The number of aliphatic imine (C=N–C) groups is 1. The molecule has 0 aromatic carbocycles. The first-order valence-corrected chi connectivity index (χ1v) is 3.74. The largest absolute Gasteiger partial charge is 0.392 e. The average molecular weight is 193 g/mol. The fourth-order valence-corrected chi connectivity index (χ4v) is 0.357. The van der Waals surface area contributed by atoms with Crippen LogP contribution in [-0.2, 0) is 0 Å². The fraction of sp³-hybridized carbons (Fsp3) is 0.444. The van der Waals surface area contributed by atoms with Crippen molar-refractivity contribution in [2.45, 2.75) is 26.4 Å². The van der Waals surface area contributed by atoms with Crippen molar-refractivity contribution < 1.29 is 13.2 Å². The van der Waals surface area contributed by atoms with Crippen molar-refractivity contribution in [3.8, 4) is 0 Å². The lowest BCUT2D eigenvalue weighted by molar-refractivity contribution is -0.125. The van der Waals surface area contributed by atoms with Crippen LogP contribution in [0.25, 0.3) is 0 Å². The van der Waals surface area contributed by atoms with E-state index in [4.69, 9.17) is 0 Å². The molecule has 0 heterocycles. The molecule has 0 fully saturated rings. The summed E-state index contributed by atoms with van der Waals surface area (Å²) in [6.45, 7) is 6.76. The van der Waals surface area contributed by atoms with Crippen LogP contribution >= 0.6 is 0 Å². The first-order chi connectivity index (χ1) is 5.97.